The van der Waals surface area contributed by atoms with Gasteiger partial charge in [0.05, 0.1) is 29.8 Å². The van der Waals surface area contributed by atoms with Gasteiger partial charge in [0.1, 0.15) is 0 Å². The van der Waals surface area contributed by atoms with Crippen LogP contribution < -0.4 is 15.2 Å². The van der Waals surface area contributed by atoms with Crippen LogP contribution in [0.5, 0.6) is 11.5 Å². The van der Waals surface area contributed by atoms with E-state index in [1.54, 1.807) is 14.2 Å². The molecule has 0 aliphatic rings. The van der Waals surface area contributed by atoms with Crippen LogP contribution in [0.4, 0.5) is 0 Å². The zero-order valence-corrected chi connectivity index (χ0v) is 15.6. The number of hydrogen-bond acceptors (Lipinski definition) is 7. The molecular weight excluding hydrogens is 412 g/mol. The molecule has 1 heterocycles. The van der Waals surface area contributed by atoms with Gasteiger partial charge in [-0.1, -0.05) is 5.16 Å². The molecule has 0 unspecified atom stereocenters. The average molecular weight is 427 g/mol. The Morgan fingerprint density at radius 1 is 1.35 bits per heavy atom. The van der Waals surface area contributed by atoms with E-state index in [0.29, 0.717) is 22.6 Å². The number of thiophene rings is 1. The summed E-state index contributed by atoms with van der Waals surface area (Å²) in [5.74, 6) is 1.33. The number of nitrogens with two attached hydrogens (primary N) is 1. The Morgan fingerprint density at radius 2 is 1.91 bits per heavy atom. The highest BCUT2D eigenvalue weighted by Gasteiger charge is 2.16. The predicted octanol–water partition coefficient (Wildman–Crippen LogP) is 2.28. The molecule has 8 nitrogen and oxygen atoms in total. The summed E-state index contributed by atoms with van der Waals surface area (Å²) in [6.07, 6.45) is 0.715. The molecule has 23 heavy (non-hydrogen) atoms. The van der Waals surface area contributed by atoms with E-state index in [9.17, 15) is 8.42 Å². The third kappa shape index (κ3) is 5.23. The molecule has 0 aliphatic heterocycles. The first kappa shape index (κ1) is 19.5. The molecule has 0 spiro atoms. The molecule has 1 aromatic heterocycles. The van der Waals surface area contributed by atoms with Crippen molar-refractivity contribution in [3.63, 3.8) is 0 Å². The van der Waals surface area contributed by atoms with Gasteiger partial charge in [-0.2, -0.15) is 8.42 Å². The molecule has 128 valence electrons. The van der Waals surface area contributed by atoms with Gasteiger partial charge in [-0.05, 0) is 22.0 Å². The summed E-state index contributed by atoms with van der Waals surface area (Å²) >= 11 is 4.89. The van der Waals surface area contributed by atoms with Crippen molar-refractivity contribution in [1.29, 1.82) is 0 Å². The SMILES string of the molecule is COc1cc2sc(/C(N)=N\O)cc2c(Br)c1OC.CS(=O)(=O)O. The van der Waals surface area contributed by atoms with Crippen molar-refractivity contribution >= 4 is 53.3 Å². The van der Waals surface area contributed by atoms with Gasteiger partial charge in [0.15, 0.2) is 17.3 Å². The molecule has 0 fully saturated rings. The van der Waals surface area contributed by atoms with Crippen molar-refractivity contribution in [2.45, 2.75) is 0 Å². The zero-order valence-electron chi connectivity index (χ0n) is 12.4. The molecule has 0 saturated carbocycles. The van der Waals surface area contributed by atoms with E-state index in [-0.39, 0.29) is 5.84 Å². The van der Waals surface area contributed by atoms with Crippen molar-refractivity contribution in [1.82, 2.24) is 0 Å². The van der Waals surface area contributed by atoms with Crippen molar-refractivity contribution in [2.75, 3.05) is 20.5 Å². The summed E-state index contributed by atoms with van der Waals surface area (Å²) in [5, 5.41) is 12.6. The fourth-order valence-corrected chi connectivity index (χ4v) is 3.43. The summed E-state index contributed by atoms with van der Waals surface area (Å²) in [4.78, 5) is 0.684. The normalized spacial score (nSPS) is 11.8. The Labute approximate surface area is 145 Å². The number of fused-ring (bicyclic) bond motifs is 1. The number of benzene rings is 1. The summed E-state index contributed by atoms with van der Waals surface area (Å²) in [6, 6.07) is 3.69. The van der Waals surface area contributed by atoms with Gasteiger partial charge in [0.25, 0.3) is 10.1 Å². The van der Waals surface area contributed by atoms with Gasteiger partial charge in [0, 0.05) is 16.2 Å². The molecule has 0 saturated heterocycles. The topological polar surface area (TPSA) is 131 Å². The van der Waals surface area contributed by atoms with Crippen molar-refractivity contribution in [2.24, 2.45) is 10.9 Å². The van der Waals surface area contributed by atoms with Gasteiger partial charge in [-0.3, -0.25) is 4.55 Å². The van der Waals surface area contributed by atoms with Crippen molar-refractivity contribution < 1.29 is 27.7 Å². The molecule has 0 radical (unpaired) electrons. The maximum Gasteiger partial charge on any atom is 0.261 e. The van der Waals surface area contributed by atoms with E-state index in [2.05, 4.69) is 21.1 Å². The second-order valence-electron chi connectivity index (χ2n) is 4.17. The smallest absolute Gasteiger partial charge is 0.261 e. The number of oxime groups is 1. The molecule has 0 atom stereocenters. The fraction of sp³-hybridized carbons (Fsp3) is 0.250. The van der Waals surface area contributed by atoms with E-state index >= 15 is 0 Å². The van der Waals surface area contributed by atoms with E-state index in [1.807, 2.05) is 12.1 Å². The molecule has 0 amide bonds. The van der Waals surface area contributed by atoms with Gasteiger partial charge >= 0.3 is 0 Å². The predicted molar refractivity (Wildman–Crippen MR) is 92.6 cm³/mol. The van der Waals surface area contributed by atoms with Crippen LogP contribution in [0.25, 0.3) is 10.1 Å². The highest BCUT2D eigenvalue weighted by Crippen LogP contribution is 2.43. The maximum absolute atomic E-state index is 9.19. The van der Waals surface area contributed by atoms with Crippen molar-refractivity contribution in [3.8, 4) is 11.5 Å². The summed E-state index contributed by atoms with van der Waals surface area (Å²) in [6.45, 7) is 0. The van der Waals surface area contributed by atoms with Crippen LogP contribution in [-0.4, -0.2) is 44.5 Å². The standard InChI is InChI=1S/C11H11BrN2O3S.CH4O3S/c1-16-6-4-7-5(9(12)10(6)17-2)3-8(18-7)11(13)14-15;1-5(2,3)4/h3-4,15H,1-2H3,(H2,13,14);1H3,(H,2,3,4). The minimum absolute atomic E-state index is 0.0843. The van der Waals surface area contributed by atoms with Gasteiger partial charge in [-0.25, -0.2) is 0 Å². The number of ether oxygens (including phenoxy) is 2. The van der Waals surface area contributed by atoms with Gasteiger partial charge < -0.3 is 20.4 Å². The molecule has 4 N–H and O–H groups in total. The monoisotopic (exact) mass is 426 g/mol. The minimum Gasteiger partial charge on any atom is -0.493 e. The average Bonchev–Trinajstić information content (AvgIpc) is 2.88. The second-order valence-corrected chi connectivity index (χ2v) is 7.51. The first-order valence-corrected chi connectivity index (χ1v) is 9.32. The maximum atomic E-state index is 9.19. The lowest BCUT2D eigenvalue weighted by Crippen LogP contribution is -2.10. The third-order valence-corrected chi connectivity index (χ3v) is 4.36. The van der Waals surface area contributed by atoms with Gasteiger partial charge in [-0.15, -0.1) is 11.3 Å². The third-order valence-electron chi connectivity index (χ3n) is 2.47. The summed E-state index contributed by atoms with van der Waals surface area (Å²) in [7, 11) is -0.514. The molecule has 0 aliphatic carbocycles. The first-order chi connectivity index (χ1) is 10.6. The first-order valence-electron chi connectivity index (χ1n) is 5.86. The van der Waals surface area contributed by atoms with Crippen LogP contribution in [0.3, 0.4) is 0 Å². The Kier molecular flexibility index (Phi) is 6.62. The van der Waals surface area contributed by atoms with E-state index in [4.69, 9.17) is 25.0 Å². The van der Waals surface area contributed by atoms with Crippen molar-refractivity contribution in [3.05, 3.63) is 21.5 Å². The number of rotatable bonds is 3. The van der Waals surface area contributed by atoms with Crippen LogP contribution in [0.15, 0.2) is 21.8 Å². The van der Waals surface area contributed by atoms with Crippen LogP contribution in [-0.2, 0) is 10.1 Å². The number of methoxy groups -OCH3 is 2. The summed E-state index contributed by atoms with van der Waals surface area (Å²) < 4.78 is 38.2. The molecule has 2 aromatic rings. The van der Waals surface area contributed by atoms with Crippen LogP contribution >= 0.6 is 27.3 Å². The Morgan fingerprint density at radius 3 is 2.35 bits per heavy atom. The Balaban J connectivity index is 0.000000463. The molecule has 0 bridgehead atoms. The van der Waals surface area contributed by atoms with E-state index in [1.165, 1.54) is 11.3 Å². The highest BCUT2D eigenvalue weighted by molar-refractivity contribution is 9.10. The Bertz CT molecular complexity index is 824. The van der Waals surface area contributed by atoms with Gasteiger partial charge in [0.2, 0.25) is 0 Å². The number of nitrogens with zero attached hydrogens (tertiary/aromatic N) is 1. The number of hydrogen-bond donors (Lipinski definition) is 3. The molecule has 1 aromatic carbocycles. The molecule has 11 heteroatoms. The zero-order chi connectivity index (χ0) is 17.8. The lowest BCUT2D eigenvalue weighted by molar-refractivity contribution is 0.319. The quantitative estimate of drug-likeness (QED) is 0.225. The van der Waals surface area contributed by atoms with E-state index < -0.39 is 10.1 Å². The number of amidine groups is 1. The number of halogens is 1. The second kappa shape index (κ2) is 7.81. The lowest BCUT2D eigenvalue weighted by atomic mass is 10.2. The highest BCUT2D eigenvalue weighted by atomic mass is 79.9. The van der Waals surface area contributed by atoms with Crippen LogP contribution in [0, 0.1) is 0 Å². The largest absolute Gasteiger partial charge is 0.493 e. The minimum atomic E-state index is -3.67. The lowest BCUT2D eigenvalue weighted by Gasteiger charge is -2.09. The van der Waals surface area contributed by atoms with Crippen LogP contribution in [0.1, 0.15) is 4.88 Å². The van der Waals surface area contributed by atoms with Crippen LogP contribution in [0.2, 0.25) is 0 Å². The summed E-state index contributed by atoms with van der Waals surface area (Å²) in [5.41, 5.74) is 5.58. The fourth-order valence-electron chi connectivity index (χ4n) is 1.62. The molecular formula is C12H15BrN2O6S2. The van der Waals surface area contributed by atoms with E-state index in [0.717, 1.165) is 14.6 Å². The Hall–Kier alpha value is -1.56. The molecule has 2 rings (SSSR count).